The Balaban J connectivity index is 1.98. The van der Waals surface area contributed by atoms with Crippen LogP contribution in [0.2, 0.25) is 5.02 Å². The highest BCUT2D eigenvalue weighted by Gasteiger charge is 2.27. The van der Waals surface area contributed by atoms with Gasteiger partial charge in [-0.25, -0.2) is 0 Å². The average Bonchev–Trinajstić information content (AvgIpc) is 2.52. The minimum Gasteiger partial charge on any atom is -0.328 e. The van der Waals surface area contributed by atoms with E-state index in [9.17, 15) is 0 Å². The molecule has 0 aromatic heterocycles. The molecular weight excluding hydrogens is 280 g/mol. The smallest absolute Gasteiger partial charge is 0.0616 e. The molecule has 3 heteroatoms. The summed E-state index contributed by atoms with van der Waals surface area (Å²) in [7, 11) is 0. The molecule has 1 atom stereocenters. The second-order valence-corrected chi connectivity index (χ2v) is 6.12. The van der Waals surface area contributed by atoms with Gasteiger partial charge < -0.3 is 5.73 Å². The first-order chi connectivity index (χ1) is 10.3. The van der Waals surface area contributed by atoms with Gasteiger partial charge in [-0.2, -0.15) is 0 Å². The molecule has 0 amide bonds. The number of nitrogens with two attached hydrogens (primary N) is 1. The zero-order chi connectivity index (χ0) is 14.7. The van der Waals surface area contributed by atoms with Crippen LogP contribution in [0.25, 0.3) is 0 Å². The Morgan fingerprint density at radius 1 is 0.952 bits per heavy atom. The number of halogens is 1. The van der Waals surface area contributed by atoms with Crippen molar-refractivity contribution in [1.82, 2.24) is 4.90 Å². The highest BCUT2D eigenvalue weighted by atomic mass is 35.5. The summed E-state index contributed by atoms with van der Waals surface area (Å²) in [5, 5.41) is 0.834. The quantitative estimate of drug-likeness (QED) is 0.933. The van der Waals surface area contributed by atoms with Crippen molar-refractivity contribution < 1.29 is 0 Å². The van der Waals surface area contributed by atoms with Crippen LogP contribution in [-0.4, -0.2) is 24.0 Å². The molecule has 0 aliphatic carbocycles. The summed E-state index contributed by atoms with van der Waals surface area (Å²) >= 11 is 6.47. The largest absolute Gasteiger partial charge is 0.328 e. The second kappa shape index (κ2) is 6.61. The Labute approximate surface area is 131 Å². The number of hydrogen-bond acceptors (Lipinski definition) is 2. The Morgan fingerprint density at radius 2 is 1.57 bits per heavy atom. The molecule has 1 heterocycles. The number of likely N-dealkylation sites (tertiary alicyclic amines) is 1. The lowest BCUT2D eigenvalue weighted by Gasteiger charge is -2.37. The van der Waals surface area contributed by atoms with Gasteiger partial charge in [-0.15, -0.1) is 0 Å². The Morgan fingerprint density at radius 3 is 2.24 bits per heavy atom. The SMILES string of the molecule is NC1CCN(C(c2ccccc2)c2ccccc2Cl)CC1. The topological polar surface area (TPSA) is 29.3 Å². The molecule has 2 aromatic rings. The number of hydrogen-bond donors (Lipinski definition) is 1. The number of nitrogens with zero attached hydrogens (tertiary/aromatic N) is 1. The van der Waals surface area contributed by atoms with E-state index >= 15 is 0 Å². The third kappa shape index (κ3) is 3.29. The lowest BCUT2D eigenvalue weighted by Crippen LogP contribution is -2.42. The summed E-state index contributed by atoms with van der Waals surface area (Å²) in [6, 6.07) is 19.3. The van der Waals surface area contributed by atoms with Gasteiger partial charge in [-0.3, -0.25) is 4.90 Å². The molecule has 3 rings (SSSR count). The third-order valence-corrected chi connectivity index (χ3v) is 4.60. The minimum atomic E-state index is 0.215. The van der Waals surface area contributed by atoms with Crippen molar-refractivity contribution in [3.63, 3.8) is 0 Å². The van der Waals surface area contributed by atoms with Gasteiger partial charge in [0.1, 0.15) is 0 Å². The summed E-state index contributed by atoms with van der Waals surface area (Å²) < 4.78 is 0. The number of piperidine rings is 1. The maximum absolute atomic E-state index is 6.47. The molecule has 1 unspecified atom stereocenters. The molecule has 1 saturated heterocycles. The summed E-state index contributed by atoms with van der Waals surface area (Å²) in [5.41, 5.74) is 8.53. The number of rotatable bonds is 3. The standard InChI is InChI=1S/C18H21ClN2/c19-17-9-5-4-8-16(17)18(14-6-2-1-3-7-14)21-12-10-15(20)11-13-21/h1-9,15,18H,10-13,20H2. The van der Waals surface area contributed by atoms with Gasteiger partial charge in [0.25, 0.3) is 0 Å². The van der Waals surface area contributed by atoms with E-state index in [0.717, 1.165) is 31.0 Å². The Kier molecular flexibility index (Phi) is 4.59. The highest BCUT2D eigenvalue weighted by Crippen LogP contribution is 2.34. The van der Waals surface area contributed by atoms with Gasteiger partial charge >= 0.3 is 0 Å². The van der Waals surface area contributed by atoms with Crippen molar-refractivity contribution in [1.29, 1.82) is 0 Å². The predicted molar refractivity (Wildman–Crippen MR) is 88.5 cm³/mol. The van der Waals surface area contributed by atoms with E-state index in [1.54, 1.807) is 0 Å². The van der Waals surface area contributed by atoms with Gasteiger partial charge in [0.05, 0.1) is 6.04 Å². The van der Waals surface area contributed by atoms with Crippen LogP contribution in [0, 0.1) is 0 Å². The van der Waals surface area contributed by atoms with Crippen LogP contribution >= 0.6 is 11.6 Å². The van der Waals surface area contributed by atoms with E-state index in [2.05, 4.69) is 47.4 Å². The lowest BCUT2D eigenvalue weighted by atomic mass is 9.94. The van der Waals surface area contributed by atoms with Crippen molar-refractivity contribution in [2.75, 3.05) is 13.1 Å². The first-order valence-corrected chi connectivity index (χ1v) is 7.92. The van der Waals surface area contributed by atoms with Crippen molar-refractivity contribution in [2.45, 2.75) is 24.9 Å². The van der Waals surface area contributed by atoms with Gasteiger partial charge in [0.15, 0.2) is 0 Å². The lowest BCUT2D eigenvalue weighted by molar-refractivity contribution is 0.175. The van der Waals surface area contributed by atoms with Crippen LogP contribution in [0.1, 0.15) is 30.0 Å². The normalized spacial score (nSPS) is 18.6. The van der Waals surface area contributed by atoms with Crippen molar-refractivity contribution in [3.05, 3.63) is 70.7 Å². The molecule has 21 heavy (non-hydrogen) atoms. The zero-order valence-electron chi connectivity index (χ0n) is 12.1. The van der Waals surface area contributed by atoms with Crippen LogP contribution in [0.3, 0.4) is 0 Å². The third-order valence-electron chi connectivity index (χ3n) is 4.25. The van der Waals surface area contributed by atoms with E-state index in [1.165, 1.54) is 11.1 Å². The van der Waals surface area contributed by atoms with Gasteiger partial charge in [0.2, 0.25) is 0 Å². The fourth-order valence-corrected chi connectivity index (χ4v) is 3.34. The van der Waals surface area contributed by atoms with Crippen molar-refractivity contribution in [3.8, 4) is 0 Å². The number of benzene rings is 2. The summed E-state index contributed by atoms with van der Waals surface area (Å²) in [6.07, 6.45) is 2.10. The zero-order valence-corrected chi connectivity index (χ0v) is 12.8. The van der Waals surface area contributed by atoms with Crippen LogP contribution in [0.5, 0.6) is 0 Å². The Hall–Kier alpha value is -1.35. The Bertz CT molecular complexity index is 577. The molecule has 2 nitrogen and oxygen atoms in total. The monoisotopic (exact) mass is 300 g/mol. The first kappa shape index (κ1) is 14.6. The van der Waals surface area contributed by atoms with E-state index in [-0.39, 0.29) is 6.04 Å². The highest BCUT2D eigenvalue weighted by molar-refractivity contribution is 6.31. The fourth-order valence-electron chi connectivity index (χ4n) is 3.10. The molecule has 0 bridgehead atoms. The molecule has 0 spiro atoms. The minimum absolute atomic E-state index is 0.215. The second-order valence-electron chi connectivity index (χ2n) is 5.71. The summed E-state index contributed by atoms with van der Waals surface area (Å²) in [4.78, 5) is 2.50. The molecule has 0 radical (unpaired) electrons. The molecule has 1 aliphatic rings. The molecule has 2 aromatic carbocycles. The maximum atomic E-state index is 6.47. The van der Waals surface area contributed by atoms with Crippen molar-refractivity contribution in [2.24, 2.45) is 5.73 Å². The average molecular weight is 301 g/mol. The summed E-state index contributed by atoms with van der Waals surface area (Å²) in [5.74, 6) is 0. The van der Waals surface area contributed by atoms with Crippen LogP contribution in [-0.2, 0) is 0 Å². The van der Waals surface area contributed by atoms with Crippen LogP contribution < -0.4 is 5.73 Å². The molecule has 110 valence electrons. The molecule has 1 fully saturated rings. The summed E-state index contributed by atoms with van der Waals surface area (Å²) in [6.45, 7) is 2.04. The first-order valence-electron chi connectivity index (χ1n) is 7.54. The van der Waals surface area contributed by atoms with E-state index < -0.39 is 0 Å². The van der Waals surface area contributed by atoms with Crippen LogP contribution in [0.15, 0.2) is 54.6 Å². The van der Waals surface area contributed by atoms with Crippen molar-refractivity contribution >= 4 is 11.6 Å². The fraction of sp³-hybridized carbons (Fsp3) is 0.333. The molecule has 2 N–H and O–H groups in total. The van der Waals surface area contributed by atoms with E-state index in [0.29, 0.717) is 6.04 Å². The van der Waals surface area contributed by atoms with E-state index in [4.69, 9.17) is 17.3 Å². The predicted octanol–water partition coefficient (Wildman–Crippen LogP) is 3.85. The van der Waals surface area contributed by atoms with Gasteiger partial charge in [0, 0.05) is 24.2 Å². The molecular formula is C18H21ClN2. The van der Waals surface area contributed by atoms with Gasteiger partial charge in [-0.1, -0.05) is 60.1 Å². The molecule has 0 saturated carbocycles. The maximum Gasteiger partial charge on any atom is 0.0616 e. The van der Waals surface area contributed by atoms with E-state index in [1.807, 2.05) is 12.1 Å². The van der Waals surface area contributed by atoms with Crippen LogP contribution in [0.4, 0.5) is 0 Å². The molecule has 1 aliphatic heterocycles. The van der Waals surface area contributed by atoms with Gasteiger partial charge in [-0.05, 0) is 30.0 Å².